The largest absolute Gasteiger partial charge is 0.476 e. The van der Waals surface area contributed by atoms with Gasteiger partial charge >= 0.3 is 5.97 Å². The molecule has 4 rings (SSSR count). The summed E-state index contributed by atoms with van der Waals surface area (Å²) in [5.41, 5.74) is 3.60. The third kappa shape index (κ3) is 4.45. The molecule has 162 valence electrons. The second kappa shape index (κ2) is 8.96. The van der Waals surface area contributed by atoms with Crippen LogP contribution in [0.2, 0.25) is 0 Å². The SMILES string of the molecule is Cc1nn(-c2nc(C3=CCCCC3)c(SC(C)C)s2)c(C(=O)O)c1-c1cccc(F)c1. The van der Waals surface area contributed by atoms with Crippen molar-refractivity contribution in [1.82, 2.24) is 14.8 Å². The number of carboxylic acids is 1. The van der Waals surface area contributed by atoms with Crippen molar-refractivity contribution < 1.29 is 14.3 Å². The fourth-order valence-corrected chi connectivity index (χ4v) is 6.29. The molecule has 0 spiro atoms. The average molecular weight is 458 g/mol. The molecule has 5 nitrogen and oxygen atoms in total. The van der Waals surface area contributed by atoms with Crippen molar-refractivity contribution >= 4 is 34.6 Å². The van der Waals surface area contributed by atoms with E-state index in [1.807, 2.05) is 0 Å². The third-order valence-electron chi connectivity index (χ3n) is 5.08. The van der Waals surface area contributed by atoms with Crippen LogP contribution in [0.3, 0.4) is 0 Å². The number of carbonyl (C=O) groups is 1. The molecule has 1 aliphatic carbocycles. The lowest BCUT2D eigenvalue weighted by atomic mass is 9.98. The number of hydrogen-bond acceptors (Lipinski definition) is 5. The van der Waals surface area contributed by atoms with Gasteiger partial charge < -0.3 is 5.11 Å². The summed E-state index contributed by atoms with van der Waals surface area (Å²) in [6.45, 7) is 6.00. The van der Waals surface area contributed by atoms with Crippen LogP contribution in [0.4, 0.5) is 4.39 Å². The van der Waals surface area contributed by atoms with Crippen molar-refractivity contribution in [2.75, 3.05) is 0 Å². The molecule has 1 aliphatic rings. The molecule has 0 amide bonds. The van der Waals surface area contributed by atoms with Gasteiger partial charge in [-0.05, 0) is 55.9 Å². The van der Waals surface area contributed by atoms with Crippen molar-refractivity contribution in [3.8, 4) is 16.3 Å². The Kier molecular flexibility index (Phi) is 6.29. The van der Waals surface area contributed by atoms with Crippen LogP contribution in [-0.2, 0) is 0 Å². The Bertz CT molecular complexity index is 1160. The molecule has 2 heterocycles. The standard InChI is InChI=1S/C23H24FN3O2S2/c1-13(2)30-22-19(15-8-5-4-6-9-15)25-23(31-22)27-20(21(28)29)18(14(3)26-27)16-10-7-11-17(24)12-16/h7-8,10-13H,4-6,9H2,1-3H3,(H,28,29). The predicted molar refractivity (Wildman–Crippen MR) is 124 cm³/mol. The molecular formula is C23H24FN3O2S2. The molecule has 0 aliphatic heterocycles. The lowest BCUT2D eigenvalue weighted by Gasteiger charge is -2.12. The number of aryl methyl sites for hydroxylation is 1. The van der Waals surface area contributed by atoms with Gasteiger partial charge in [-0.15, -0.1) is 11.8 Å². The summed E-state index contributed by atoms with van der Waals surface area (Å²) in [7, 11) is 0. The average Bonchev–Trinajstić information content (AvgIpc) is 3.29. The van der Waals surface area contributed by atoms with Gasteiger partial charge in [0.25, 0.3) is 0 Å². The number of nitrogens with zero attached hydrogens (tertiary/aromatic N) is 3. The van der Waals surface area contributed by atoms with Crippen LogP contribution >= 0.6 is 23.1 Å². The van der Waals surface area contributed by atoms with Gasteiger partial charge in [0.1, 0.15) is 5.82 Å². The van der Waals surface area contributed by atoms with Crippen LogP contribution in [0.15, 0.2) is 34.6 Å². The van der Waals surface area contributed by atoms with Crippen LogP contribution in [0.5, 0.6) is 0 Å². The smallest absolute Gasteiger partial charge is 0.355 e. The molecule has 0 fully saturated rings. The highest BCUT2D eigenvalue weighted by atomic mass is 32.2. The van der Waals surface area contributed by atoms with Crippen LogP contribution in [0.25, 0.3) is 21.8 Å². The van der Waals surface area contributed by atoms with Crippen molar-refractivity contribution in [3.05, 3.63) is 53.2 Å². The number of halogens is 1. The number of thiazole rings is 1. The number of aromatic nitrogens is 3. The normalized spacial score (nSPS) is 14.2. The van der Waals surface area contributed by atoms with Gasteiger partial charge in [0.15, 0.2) is 5.69 Å². The summed E-state index contributed by atoms with van der Waals surface area (Å²) in [4.78, 5) is 17.1. The number of rotatable bonds is 6. The first kappa shape index (κ1) is 21.8. The fraction of sp³-hybridized carbons (Fsp3) is 0.348. The minimum atomic E-state index is -1.12. The van der Waals surface area contributed by atoms with E-state index in [4.69, 9.17) is 4.98 Å². The highest BCUT2D eigenvalue weighted by molar-refractivity contribution is 8.01. The van der Waals surface area contributed by atoms with Gasteiger partial charge in [-0.1, -0.05) is 43.4 Å². The first-order chi connectivity index (χ1) is 14.8. The number of thioether (sulfide) groups is 1. The van der Waals surface area contributed by atoms with E-state index in [1.165, 1.54) is 40.1 Å². The molecule has 0 atom stereocenters. The second-order valence-electron chi connectivity index (χ2n) is 7.81. The van der Waals surface area contributed by atoms with Crippen molar-refractivity contribution in [2.45, 2.75) is 55.9 Å². The number of allylic oxidation sites excluding steroid dienone is 2. The Hall–Kier alpha value is -2.45. The summed E-state index contributed by atoms with van der Waals surface area (Å²) in [6, 6.07) is 5.94. The first-order valence-electron chi connectivity index (χ1n) is 10.3. The summed E-state index contributed by atoms with van der Waals surface area (Å²) < 4.78 is 16.3. The maximum atomic E-state index is 13.8. The zero-order valence-corrected chi connectivity index (χ0v) is 19.3. The van der Waals surface area contributed by atoms with Gasteiger partial charge in [0, 0.05) is 10.8 Å². The van der Waals surface area contributed by atoms with Gasteiger partial charge in [-0.3, -0.25) is 0 Å². The highest BCUT2D eigenvalue weighted by Crippen LogP contribution is 2.41. The third-order valence-corrected chi connectivity index (χ3v) is 7.32. The zero-order valence-electron chi connectivity index (χ0n) is 17.7. The first-order valence-corrected chi connectivity index (χ1v) is 12.0. The molecule has 0 unspecified atom stereocenters. The Morgan fingerprint density at radius 2 is 2.13 bits per heavy atom. The van der Waals surface area contributed by atoms with Crippen molar-refractivity contribution in [2.24, 2.45) is 0 Å². The number of carboxylic acid groups (broad SMARTS) is 1. The molecular weight excluding hydrogens is 433 g/mol. The monoisotopic (exact) mass is 457 g/mol. The molecule has 3 aromatic rings. The molecule has 2 aromatic heterocycles. The number of benzene rings is 1. The molecule has 0 saturated heterocycles. The lowest BCUT2D eigenvalue weighted by Crippen LogP contribution is -2.09. The fourth-order valence-electron chi connectivity index (χ4n) is 3.79. The summed E-state index contributed by atoms with van der Waals surface area (Å²) in [5.74, 6) is -1.54. The molecule has 0 bridgehead atoms. The van der Waals surface area contributed by atoms with E-state index in [1.54, 1.807) is 30.8 Å². The summed E-state index contributed by atoms with van der Waals surface area (Å²) in [5, 5.41) is 15.4. The maximum absolute atomic E-state index is 13.8. The Balaban J connectivity index is 1.88. The van der Waals surface area contributed by atoms with Gasteiger partial charge in [0.05, 0.1) is 15.6 Å². The quantitative estimate of drug-likeness (QED) is 0.422. The Labute approximate surface area is 189 Å². The Morgan fingerprint density at radius 1 is 1.32 bits per heavy atom. The second-order valence-corrected chi connectivity index (χ2v) is 10.6. The molecule has 0 radical (unpaired) electrons. The topological polar surface area (TPSA) is 68.0 Å². The van der Waals surface area contributed by atoms with E-state index in [2.05, 4.69) is 25.0 Å². The summed E-state index contributed by atoms with van der Waals surface area (Å²) in [6.07, 6.45) is 6.59. The molecule has 1 N–H and O–H groups in total. The maximum Gasteiger partial charge on any atom is 0.355 e. The minimum absolute atomic E-state index is 0.00196. The van der Waals surface area contributed by atoms with E-state index >= 15 is 0 Å². The van der Waals surface area contributed by atoms with Crippen LogP contribution in [-0.4, -0.2) is 31.1 Å². The van der Waals surface area contributed by atoms with Gasteiger partial charge in [-0.2, -0.15) is 9.78 Å². The lowest BCUT2D eigenvalue weighted by molar-refractivity contribution is 0.0688. The van der Waals surface area contributed by atoms with Gasteiger partial charge in [0.2, 0.25) is 5.13 Å². The van der Waals surface area contributed by atoms with E-state index in [-0.39, 0.29) is 5.69 Å². The Morgan fingerprint density at radius 3 is 2.77 bits per heavy atom. The molecule has 8 heteroatoms. The molecule has 0 saturated carbocycles. The number of aromatic carboxylic acids is 1. The molecule has 1 aromatic carbocycles. The minimum Gasteiger partial charge on any atom is -0.476 e. The molecule has 31 heavy (non-hydrogen) atoms. The van der Waals surface area contributed by atoms with Gasteiger partial charge in [-0.25, -0.2) is 14.2 Å². The van der Waals surface area contributed by atoms with Crippen LogP contribution in [0, 0.1) is 12.7 Å². The summed E-state index contributed by atoms with van der Waals surface area (Å²) >= 11 is 3.20. The van der Waals surface area contributed by atoms with E-state index < -0.39 is 11.8 Å². The van der Waals surface area contributed by atoms with Crippen LogP contribution < -0.4 is 0 Å². The van der Waals surface area contributed by atoms with Crippen LogP contribution in [0.1, 0.15) is 61.4 Å². The van der Waals surface area contributed by atoms with E-state index in [0.717, 1.165) is 29.2 Å². The predicted octanol–water partition coefficient (Wildman–Crippen LogP) is 6.60. The van der Waals surface area contributed by atoms with E-state index in [9.17, 15) is 14.3 Å². The number of hydrogen-bond donors (Lipinski definition) is 1. The highest BCUT2D eigenvalue weighted by Gasteiger charge is 2.27. The van der Waals surface area contributed by atoms with Crippen molar-refractivity contribution in [3.63, 3.8) is 0 Å². The zero-order chi connectivity index (χ0) is 22.1. The van der Waals surface area contributed by atoms with E-state index in [0.29, 0.717) is 27.2 Å². The van der Waals surface area contributed by atoms with Crippen molar-refractivity contribution in [1.29, 1.82) is 0 Å².